The molecule has 4 N–H and O–H groups in total. The Kier molecular flexibility index (Phi) is 5.90. The third-order valence-corrected chi connectivity index (χ3v) is 4.36. The molecular weight excluding hydrogens is 352 g/mol. The second kappa shape index (κ2) is 8.34. The van der Waals surface area contributed by atoms with Crippen LogP contribution in [0.3, 0.4) is 0 Å². The van der Waals surface area contributed by atoms with Gasteiger partial charge in [0.25, 0.3) is 5.91 Å². The molecule has 1 saturated heterocycles. The third kappa shape index (κ3) is 4.54. The molecule has 0 radical (unpaired) electrons. The smallest absolute Gasteiger partial charge is 0.263 e. The van der Waals surface area contributed by atoms with E-state index in [4.69, 9.17) is 9.47 Å². The van der Waals surface area contributed by atoms with E-state index in [0.29, 0.717) is 22.8 Å². The summed E-state index contributed by atoms with van der Waals surface area (Å²) in [5.41, 5.74) is 0.859. The molecule has 0 unspecified atom stereocenters. The number of aliphatic hydroxyl groups excluding tert-OH is 2. The molecule has 27 heavy (non-hydrogen) atoms. The number of aromatic amines is 1. The molecule has 0 aliphatic carbocycles. The summed E-state index contributed by atoms with van der Waals surface area (Å²) in [6, 6.07) is 10.5. The quantitative estimate of drug-likeness (QED) is 0.544. The van der Waals surface area contributed by atoms with Gasteiger partial charge in [-0.05, 0) is 18.2 Å². The van der Waals surface area contributed by atoms with Gasteiger partial charge in [0.05, 0.1) is 24.5 Å². The van der Waals surface area contributed by atoms with E-state index in [9.17, 15) is 19.8 Å². The van der Waals surface area contributed by atoms with Gasteiger partial charge < -0.3 is 30.0 Å². The Balaban J connectivity index is 1.72. The monoisotopic (exact) mass is 374 g/mol. The maximum absolute atomic E-state index is 12.2. The minimum atomic E-state index is -0.819. The van der Waals surface area contributed by atoms with Crippen LogP contribution < -0.4 is 10.1 Å². The first-order valence-corrected chi connectivity index (χ1v) is 8.64. The van der Waals surface area contributed by atoms with Gasteiger partial charge in [0.15, 0.2) is 12.4 Å². The zero-order valence-electron chi connectivity index (χ0n) is 14.8. The van der Waals surface area contributed by atoms with Gasteiger partial charge in [-0.25, -0.2) is 0 Å². The predicted molar refractivity (Wildman–Crippen MR) is 96.7 cm³/mol. The van der Waals surface area contributed by atoms with Crippen molar-refractivity contribution >= 4 is 17.5 Å². The van der Waals surface area contributed by atoms with Gasteiger partial charge in [0, 0.05) is 18.9 Å². The highest BCUT2D eigenvalue weighted by atomic mass is 16.5. The highest BCUT2D eigenvalue weighted by Gasteiger charge is 2.36. The summed E-state index contributed by atoms with van der Waals surface area (Å²) in [5, 5.41) is 21.9. The van der Waals surface area contributed by atoms with Crippen molar-refractivity contribution < 1.29 is 29.3 Å². The number of hydrogen-bond acceptors (Lipinski definition) is 6. The number of aromatic nitrogens is 1. The van der Waals surface area contributed by atoms with E-state index in [1.165, 1.54) is 6.92 Å². The molecule has 2 heterocycles. The molecule has 0 spiro atoms. The van der Waals surface area contributed by atoms with Crippen LogP contribution in [0.4, 0.5) is 5.82 Å². The van der Waals surface area contributed by atoms with E-state index in [-0.39, 0.29) is 25.4 Å². The van der Waals surface area contributed by atoms with Crippen molar-refractivity contribution in [3.63, 3.8) is 0 Å². The second-order valence-electron chi connectivity index (χ2n) is 6.37. The second-order valence-corrected chi connectivity index (χ2v) is 6.37. The SMILES string of the molecule is CC(=O)c1cc([C@H]2C[C@H](O)[C@@H](CO)O2)c(NC(=O)COc2ccccc2)[nH]1. The molecule has 1 amide bonds. The molecule has 3 rings (SSSR count). The molecule has 2 aromatic rings. The van der Waals surface area contributed by atoms with Gasteiger partial charge in [-0.3, -0.25) is 9.59 Å². The molecule has 0 bridgehead atoms. The van der Waals surface area contributed by atoms with Crippen molar-refractivity contribution in [3.05, 3.63) is 47.7 Å². The fourth-order valence-electron chi connectivity index (χ4n) is 2.95. The van der Waals surface area contributed by atoms with Crippen LogP contribution in [0.5, 0.6) is 5.75 Å². The van der Waals surface area contributed by atoms with Crippen LogP contribution in [-0.4, -0.2) is 52.3 Å². The Bertz CT molecular complexity index is 804. The Morgan fingerprint density at radius 3 is 2.70 bits per heavy atom. The number of ketones is 1. The number of Topliss-reactive ketones (excluding diaryl/α,β-unsaturated/α-hetero) is 1. The van der Waals surface area contributed by atoms with Crippen molar-refractivity contribution in [1.29, 1.82) is 0 Å². The number of ether oxygens (including phenoxy) is 2. The molecule has 144 valence electrons. The van der Waals surface area contributed by atoms with E-state index in [0.717, 1.165) is 0 Å². The van der Waals surface area contributed by atoms with Crippen molar-refractivity contribution in [2.45, 2.75) is 31.7 Å². The minimum absolute atomic E-state index is 0.200. The fraction of sp³-hybridized carbons (Fsp3) is 0.368. The molecule has 8 nitrogen and oxygen atoms in total. The standard InChI is InChI=1S/C19H22N2O6/c1-11(23)14-7-13(16-8-15(24)17(9-22)27-16)19(20-14)21-18(25)10-26-12-5-3-2-4-6-12/h2-7,15-17,20,22,24H,8-10H2,1H3,(H,21,25)/t15-,16+,17+/m0/s1. The molecule has 1 aromatic carbocycles. The van der Waals surface area contributed by atoms with E-state index in [1.807, 2.05) is 6.07 Å². The number of aliphatic hydroxyl groups is 2. The van der Waals surface area contributed by atoms with E-state index >= 15 is 0 Å². The van der Waals surface area contributed by atoms with Gasteiger partial charge in [-0.2, -0.15) is 0 Å². The Morgan fingerprint density at radius 1 is 1.33 bits per heavy atom. The molecule has 8 heteroatoms. The van der Waals surface area contributed by atoms with E-state index in [2.05, 4.69) is 10.3 Å². The summed E-state index contributed by atoms with van der Waals surface area (Å²) in [4.78, 5) is 26.8. The number of benzene rings is 1. The van der Waals surface area contributed by atoms with Crippen LogP contribution in [0.2, 0.25) is 0 Å². The molecule has 0 saturated carbocycles. The average molecular weight is 374 g/mol. The number of hydrogen-bond donors (Lipinski definition) is 4. The van der Waals surface area contributed by atoms with Crippen molar-refractivity contribution in [2.75, 3.05) is 18.5 Å². The van der Waals surface area contributed by atoms with Crippen LogP contribution in [0.1, 0.15) is 35.5 Å². The Labute approximate surface area is 156 Å². The van der Waals surface area contributed by atoms with Gasteiger partial charge in [-0.1, -0.05) is 18.2 Å². The molecular formula is C19H22N2O6. The summed E-state index contributed by atoms with van der Waals surface area (Å²) in [6.07, 6.45) is -1.81. The lowest BCUT2D eigenvalue weighted by atomic mass is 10.1. The number of carbonyl (C=O) groups excluding carboxylic acids is 2. The van der Waals surface area contributed by atoms with E-state index < -0.39 is 24.2 Å². The summed E-state index contributed by atoms with van der Waals surface area (Å²) in [7, 11) is 0. The van der Waals surface area contributed by atoms with Crippen LogP contribution in [0, 0.1) is 0 Å². The first-order valence-electron chi connectivity index (χ1n) is 8.64. The minimum Gasteiger partial charge on any atom is -0.484 e. The van der Waals surface area contributed by atoms with Crippen molar-refractivity contribution in [2.24, 2.45) is 0 Å². The zero-order valence-corrected chi connectivity index (χ0v) is 14.8. The maximum atomic E-state index is 12.2. The van der Waals surface area contributed by atoms with Crippen LogP contribution >= 0.6 is 0 Å². The number of amides is 1. The van der Waals surface area contributed by atoms with Crippen LogP contribution in [0.25, 0.3) is 0 Å². The average Bonchev–Trinajstić information content (AvgIpc) is 3.24. The van der Waals surface area contributed by atoms with Crippen LogP contribution in [0.15, 0.2) is 36.4 Å². The molecule has 1 aliphatic rings. The summed E-state index contributed by atoms with van der Waals surface area (Å²) in [5.74, 6) is 0.276. The highest BCUT2D eigenvalue weighted by Crippen LogP contribution is 2.37. The topological polar surface area (TPSA) is 121 Å². The van der Waals surface area contributed by atoms with Crippen molar-refractivity contribution in [3.8, 4) is 5.75 Å². The molecule has 1 fully saturated rings. The lowest BCUT2D eigenvalue weighted by molar-refractivity contribution is -0.118. The lowest BCUT2D eigenvalue weighted by Crippen LogP contribution is -2.24. The number of H-pyrrole nitrogens is 1. The van der Waals surface area contributed by atoms with Crippen molar-refractivity contribution in [1.82, 2.24) is 4.98 Å². The summed E-state index contributed by atoms with van der Waals surface area (Å²) < 4.78 is 11.1. The highest BCUT2D eigenvalue weighted by molar-refractivity contribution is 5.96. The Morgan fingerprint density at radius 2 is 2.07 bits per heavy atom. The lowest BCUT2D eigenvalue weighted by Gasteiger charge is -2.13. The number of nitrogens with one attached hydrogen (secondary N) is 2. The molecule has 3 atom stereocenters. The molecule has 1 aromatic heterocycles. The number of carbonyl (C=O) groups is 2. The maximum Gasteiger partial charge on any atom is 0.263 e. The van der Waals surface area contributed by atoms with Gasteiger partial charge in [0.2, 0.25) is 0 Å². The number of anilines is 1. The summed E-state index contributed by atoms with van der Waals surface area (Å²) in [6.45, 7) is 0.889. The van der Waals surface area contributed by atoms with Gasteiger partial charge >= 0.3 is 0 Å². The van der Waals surface area contributed by atoms with Gasteiger partial charge in [-0.15, -0.1) is 0 Å². The Hall–Kier alpha value is -2.68. The molecule has 1 aliphatic heterocycles. The first-order chi connectivity index (χ1) is 13.0. The third-order valence-electron chi connectivity index (χ3n) is 4.36. The predicted octanol–water partition coefficient (Wildman–Crippen LogP) is 1.42. The fourth-order valence-corrected chi connectivity index (χ4v) is 2.95. The zero-order chi connectivity index (χ0) is 19.4. The van der Waals surface area contributed by atoms with E-state index in [1.54, 1.807) is 30.3 Å². The van der Waals surface area contributed by atoms with Gasteiger partial charge in [0.1, 0.15) is 17.7 Å². The summed E-state index contributed by atoms with van der Waals surface area (Å²) >= 11 is 0. The first kappa shape index (κ1) is 19.1. The largest absolute Gasteiger partial charge is 0.484 e. The number of para-hydroxylation sites is 1. The normalized spacial score (nSPS) is 21.8. The number of rotatable bonds is 7. The van der Waals surface area contributed by atoms with Crippen LogP contribution in [-0.2, 0) is 9.53 Å².